The van der Waals surface area contributed by atoms with E-state index in [2.05, 4.69) is 0 Å². The van der Waals surface area contributed by atoms with Gasteiger partial charge in [-0.05, 0) is 38.2 Å². The van der Waals surface area contributed by atoms with Crippen molar-refractivity contribution < 1.29 is 9.53 Å². The Balaban J connectivity index is 1.85. The largest absolute Gasteiger partial charge is 0.459 e. The molecule has 1 aliphatic carbocycles. The Kier molecular flexibility index (Phi) is 4.48. The van der Waals surface area contributed by atoms with Crippen LogP contribution in [0.3, 0.4) is 0 Å². The number of aryl methyl sites for hydroxylation is 1. The lowest BCUT2D eigenvalue weighted by Gasteiger charge is -2.22. The molecule has 4 heteroatoms. The van der Waals surface area contributed by atoms with Gasteiger partial charge in [-0.15, -0.1) is 11.3 Å². The van der Waals surface area contributed by atoms with Gasteiger partial charge in [0.2, 0.25) is 0 Å². The smallest absolute Gasteiger partial charge is 0.342 e. The van der Waals surface area contributed by atoms with Crippen molar-refractivity contribution in [3.8, 4) is 11.1 Å². The fourth-order valence-electron chi connectivity index (χ4n) is 2.92. The predicted octanol–water partition coefficient (Wildman–Crippen LogP) is 4.80. The molecular weight excluding hydrogens is 294 g/mol. The van der Waals surface area contributed by atoms with Gasteiger partial charge in [0.1, 0.15) is 16.7 Å². The number of anilines is 1. The maximum Gasteiger partial charge on any atom is 0.342 e. The van der Waals surface area contributed by atoms with Crippen molar-refractivity contribution in [1.82, 2.24) is 0 Å². The molecule has 0 bridgehead atoms. The Labute approximate surface area is 135 Å². The molecule has 3 nitrogen and oxygen atoms in total. The highest BCUT2D eigenvalue weighted by Crippen LogP contribution is 2.35. The number of nitrogens with two attached hydrogens (primary N) is 1. The molecule has 1 fully saturated rings. The highest BCUT2D eigenvalue weighted by Gasteiger charge is 2.24. The first kappa shape index (κ1) is 15.1. The van der Waals surface area contributed by atoms with Gasteiger partial charge in [-0.25, -0.2) is 4.79 Å². The first-order valence-electron chi connectivity index (χ1n) is 7.80. The van der Waals surface area contributed by atoms with Crippen LogP contribution in [0.2, 0.25) is 0 Å². The van der Waals surface area contributed by atoms with Gasteiger partial charge >= 0.3 is 5.97 Å². The molecule has 1 aromatic heterocycles. The van der Waals surface area contributed by atoms with Crippen LogP contribution < -0.4 is 5.73 Å². The summed E-state index contributed by atoms with van der Waals surface area (Å²) in [6, 6.07) is 8.13. The summed E-state index contributed by atoms with van der Waals surface area (Å²) in [4.78, 5) is 12.6. The molecule has 22 heavy (non-hydrogen) atoms. The van der Waals surface area contributed by atoms with Crippen molar-refractivity contribution in [2.45, 2.75) is 45.1 Å². The molecule has 0 aliphatic heterocycles. The molecule has 1 aromatic carbocycles. The van der Waals surface area contributed by atoms with Gasteiger partial charge in [0, 0.05) is 10.9 Å². The Hall–Kier alpha value is -1.81. The Morgan fingerprint density at radius 2 is 1.86 bits per heavy atom. The summed E-state index contributed by atoms with van der Waals surface area (Å²) in [6.45, 7) is 2.05. The molecule has 2 aromatic rings. The predicted molar refractivity (Wildman–Crippen MR) is 91.2 cm³/mol. The minimum Gasteiger partial charge on any atom is -0.459 e. The summed E-state index contributed by atoms with van der Waals surface area (Å²) in [5, 5.41) is 2.48. The molecule has 1 saturated carbocycles. The fraction of sp³-hybridized carbons (Fsp3) is 0.389. The van der Waals surface area contributed by atoms with Crippen molar-refractivity contribution in [3.05, 3.63) is 40.8 Å². The monoisotopic (exact) mass is 315 g/mol. The van der Waals surface area contributed by atoms with Crippen LogP contribution in [-0.2, 0) is 4.74 Å². The molecule has 3 rings (SSSR count). The van der Waals surface area contributed by atoms with Crippen molar-refractivity contribution in [1.29, 1.82) is 0 Å². The lowest BCUT2D eigenvalue weighted by molar-refractivity contribution is 0.0214. The second kappa shape index (κ2) is 6.53. The van der Waals surface area contributed by atoms with Crippen LogP contribution in [0, 0.1) is 6.92 Å². The molecule has 0 saturated heterocycles. The highest BCUT2D eigenvalue weighted by atomic mass is 32.1. The van der Waals surface area contributed by atoms with E-state index >= 15 is 0 Å². The number of esters is 1. The number of carbonyl (C=O) groups is 1. The quantitative estimate of drug-likeness (QED) is 0.828. The van der Waals surface area contributed by atoms with Crippen molar-refractivity contribution in [2.75, 3.05) is 5.73 Å². The zero-order chi connectivity index (χ0) is 15.5. The van der Waals surface area contributed by atoms with E-state index in [-0.39, 0.29) is 12.1 Å². The molecule has 1 aliphatic rings. The van der Waals surface area contributed by atoms with E-state index in [1.165, 1.54) is 23.3 Å². The van der Waals surface area contributed by atoms with Crippen LogP contribution in [0.4, 0.5) is 5.00 Å². The minimum absolute atomic E-state index is 0.0476. The van der Waals surface area contributed by atoms with E-state index in [9.17, 15) is 4.79 Å². The number of rotatable bonds is 3. The zero-order valence-electron chi connectivity index (χ0n) is 12.8. The van der Waals surface area contributed by atoms with Crippen LogP contribution >= 0.6 is 11.3 Å². The lowest BCUT2D eigenvalue weighted by Crippen LogP contribution is -2.21. The van der Waals surface area contributed by atoms with Crippen molar-refractivity contribution in [2.24, 2.45) is 0 Å². The van der Waals surface area contributed by atoms with Gasteiger partial charge in [0.25, 0.3) is 0 Å². The summed E-state index contributed by atoms with van der Waals surface area (Å²) >= 11 is 1.40. The molecule has 0 spiro atoms. The lowest BCUT2D eigenvalue weighted by atomic mass is 9.97. The summed E-state index contributed by atoms with van der Waals surface area (Å²) in [5.41, 5.74) is 9.64. The Morgan fingerprint density at radius 3 is 2.55 bits per heavy atom. The van der Waals surface area contributed by atoms with E-state index in [4.69, 9.17) is 10.5 Å². The van der Waals surface area contributed by atoms with Crippen LogP contribution in [0.25, 0.3) is 11.1 Å². The summed E-state index contributed by atoms with van der Waals surface area (Å²) in [6.07, 6.45) is 5.50. The van der Waals surface area contributed by atoms with Crippen LogP contribution in [-0.4, -0.2) is 12.1 Å². The van der Waals surface area contributed by atoms with E-state index in [1.54, 1.807) is 0 Å². The van der Waals surface area contributed by atoms with Crippen LogP contribution in [0.5, 0.6) is 0 Å². The Morgan fingerprint density at radius 1 is 1.18 bits per heavy atom. The average molecular weight is 315 g/mol. The van der Waals surface area contributed by atoms with E-state index in [0.29, 0.717) is 10.6 Å². The van der Waals surface area contributed by atoms with E-state index in [0.717, 1.165) is 36.8 Å². The summed E-state index contributed by atoms with van der Waals surface area (Å²) < 4.78 is 5.69. The first-order chi connectivity index (χ1) is 10.6. The minimum atomic E-state index is -0.277. The average Bonchev–Trinajstić information content (AvgIpc) is 2.91. The van der Waals surface area contributed by atoms with Crippen molar-refractivity contribution in [3.63, 3.8) is 0 Å². The SMILES string of the molecule is Cc1ccc(-c2csc(N)c2C(=O)OC2CCCCC2)cc1. The molecule has 0 amide bonds. The van der Waals surface area contributed by atoms with Crippen LogP contribution in [0.1, 0.15) is 48.0 Å². The molecule has 116 valence electrons. The van der Waals surface area contributed by atoms with Gasteiger partial charge in [-0.1, -0.05) is 36.2 Å². The van der Waals surface area contributed by atoms with Gasteiger partial charge in [-0.2, -0.15) is 0 Å². The molecule has 0 unspecified atom stereocenters. The number of thiophene rings is 1. The first-order valence-corrected chi connectivity index (χ1v) is 8.68. The Bertz CT molecular complexity index is 654. The third-order valence-electron chi connectivity index (χ3n) is 4.21. The summed E-state index contributed by atoms with van der Waals surface area (Å²) in [5.74, 6) is -0.277. The second-order valence-corrected chi connectivity index (χ2v) is 6.83. The molecule has 0 radical (unpaired) electrons. The number of hydrogen-bond donors (Lipinski definition) is 1. The number of carbonyl (C=O) groups excluding carboxylic acids is 1. The highest BCUT2D eigenvalue weighted by molar-refractivity contribution is 7.14. The van der Waals surface area contributed by atoms with E-state index < -0.39 is 0 Å². The van der Waals surface area contributed by atoms with Gasteiger partial charge < -0.3 is 10.5 Å². The molecule has 0 atom stereocenters. The molecule has 2 N–H and O–H groups in total. The van der Waals surface area contributed by atoms with Gasteiger partial charge in [0.15, 0.2) is 0 Å². The second-order valence-electron chi connectivity index (χ2n) is 5.92. The number of hydrogen-bond acceptors (Lipinski definition) is 4. The zero-order valence-corrected chi connectivity index (χ0v) is 13.6. The number of ether oxygens (including phenoxy) is 1. The fourth-order valence-corrected chi connectivity index (χ4v) is 3.73. The number of benzene rings is 1. The third-order valence-corrected chi connectivity index (χ3v) is 5.02. The third kappa shape index (κ3) is 3.17. The maximum atomic E-state index is 12.6. The topological polar surface area (TPSA) is 52.3 Å². The van der Waals surface area contributed by atoms with Gasteiger partial charge in [0.05, 0.1) is 0 Å². The normalized spacial score (nSPS) is 15.7. The van der Waals surface area contributed by atoms with E-state index in [1.807, 2.05) is 36.6 Å². The van der Waals surface area contributed by atoms with Crippen molar-refractivity contribution >= 4 is 22.3 Å². The molecule has 1 heterocycles. The van der Waals surface area contributed by atoms with Crippen LogP contribution in [0.15, 0.2) is 29.6 Å². The standard InChI is InChI=1S/C18H21NO2S/c1-12-7-9-13(10-8-12)15-11-22-17(19)16(15)18(20)21-14-5-3-2-4-6-14/h7-11,14H,2-6,19H2,1H3. The maximum absolute atomic E-state index is 12.6. The molecular formula is C18H21NO2S. The van der Waals surface area contributed by atoms with Gasteiger partial charge in [-0.3, -0.25) is 0 Å². The summed E-state index contributed by atoms with van der Waals surface area (Å²) in [7, 11) is 0. The number of nitrogen functional groups attached to an aromatic ring is 1.